The molecule has 1 amide bonds. The molecule has 1 aromatic rings. The fraction of sp³-hybridized carbons (Fsp3) is 0.615. The Bertz CT molecular complexity index is 392. The summed E-state index contributed by atoms with van der Waals surface area (Å²) in [7, 11) is 0. The molecule has 1 N–H and O–H groups in total. The highest BCUT2D eigenvalue weighted by Crippen LogP contribution is 2.32. The fourth-order valence-corrected chi connectivity index (χ4v) is 2.60. The summed E-state index contributed by atoms with van der Waals surface area (Å²) in [5, 5.41) is 3.16. The number of amides is 1. The van der Waals surface area contributed by atoms with Crippen LogP contribution in [-0.4, -0.2) is 5.91 Å². The zero-order valence-corrected chi connectivity index (χ0v) is 9.37. The van der Waals surface area contributed by atoms with Gasteiger partial charge in [0.25, 0.3) is 0 Å². The molecule has 1 atom stereocenters. The molecule has 86 valence electrons. The molecule has 1 heterocycles. The van der Waals surface area contributed by atoms with E-state index in [4.69, 9.17) is 4.42 Å². The van der Waals surface area contributed by atoms with Gasteiger partial charge in [0.05, 0.1) is 12.3 Å². The number of carbonyl (C=O) groups excluding carboxylic acids is 1. The van der Waals surface area contributed by atoms with Crippen LogP contribution in [0, 0.1) is 5.92 Å². The van der Waals surface area contributed by atoms with Gasteiger partial charge in [-0.25, -0.2) is 0 Å². The van der Waals surface area contributed by atoms with E-state index in [1.807, 2.05) is 6.07 Å². The van der Waals surface area contributed by atoms with Gasteiger partial charge in [-0.05, 0) is 31.7 Å². The van der Waals surface area contributed by atoms with Crippen LogP contribution in [0.4, 0.5) is 0 Å². The molecule has 1 aromatic heterocycles. The van der Waals surface area contributed by atoms with Crippen molar-refractivity contribution in [3.63, 3.8) is 0 Å². The Morgan fingerprint density at radius 2 is 2.19 bits per heavy atom. The van der Waals surface area contributed by atoms with Crippen molar-refractivity contribution in [3.05, 3.63) is 23.7 Å². The summed E-state index contributed by atoms with van der Waals surface area (Å²) in [6, 6.07) is 2.19. The van der Waals surface area contributed by atoms with Gasteiger partial charge in [-0.2, -0.15) is 0 Å². The molecule has 1 saturated carbocycles. The molecule has 16 heavy (non-hydrogen) atoms. The lowest BCUT2D eigenvalue weighted by Gasteiger charge is -2.29. The van der Waals surface area contributed by atoms with E-state index in [0.29, 0.717) is 0 Å². The number of nitrogens with one attached hydrogen (secondary N) is 1. The molecule has 0 radical (unpaired) electrons. The van der Waals surface area contributed by atoms with E-state index < -0.39 is 0 Å². The molecule has 2 aliphatic carbocycles. The van der Waals surface area contributed by atoms with Gasteiger partial charge in [0, 0.05) is 17.9 Å². The Kier molecular flexibility index (Phi) is 2.46. The molecule has 3 rings (SSSR count). The summed E-state index contributed by atoms with van der Waals surface area (Å²) < 4.78 is 5.42. The quantitative estimate of drug-likeness (QED) is 0.830. The first-order valence-electron chi connectivity index (χ1n) is 6.21. The number of furan rings is 1. The molecular weight excluding hydrogens is 202 g/mol. The molecule has 0 aliphatic heterocycles. The molecular formula is C13H17NO2. The SMILES string of the molecule is O=C(NC1CCCc2occc21)C1CCC1. The second kappa shape index (κ2) is 3.96. The molecule has 0 aromatic carbocycles. The Balaban J connectivity index is 1.70. The van der Waals surface area contributed by atoms with Crippen LogP contribution in [0.15, 0.2) is 16.7 Å². The zero-order chi connectivity index (χ0) is 11.0. The summed E-state index contributed by atoms with van der Waals surface area (Å²) in [4.78, 5) is 11.9. The van der Waals surface area contributed by atoms with E-state index in [1.165, 1.54) is 12.0 Å². The van der Waals surface area contributed by atoms with Crippen molar-refractivity contribution in [2.24, 2.45) is 5.92 Å². The number of hydrogen-bond donors (Lipinski definition) is 1. The number of fused-ring (bicyclic) bond motifs is 1. The van der Waals surface area contributed by atoms with Gasteiger partial charge >= 0.3 is 0 Å². The van der Waals surface area contributed by atoms with Gasteiger partial charge in [-0.3, -0.25) is 4.79 Å². The highest BCUT2D eigenvalue weighted by Gasteiger charge is 2.29. The van der Waals surface area contributed by atoms with E-state index in [2.05, 4.69) is 5.32 Å². The third-order valence-electron chi connectivity index (χ3n) is 3.84. The van der Waals surface area contributed by atoms with Gasteiger partial charge in [0.2, 0.25) is 5.91 Å². The van der Waals surface area contributed by atoms with E-state index in [-0.39, 0.29) is 17.9 Å². The highest BCUT2D eigenvalue weighted by molar-refractivity contribution is 5.79. The fourth-order valence-electron chi connectivity index (χ4n) is 2.60. The maximum Gasteiger partial charge on any atom is 0.223 e. The lowest BCUT2D eigenvalue weighted by Crippen LogP contribution is -2.37. The number of aryl methyl sites for hydroxylation is 1. The summed E-state index contributed by atoms with van der Waals surface area (Å²) >= 11 is 0. The monoisotopic (exact) mass is 219 g/mol. The number of carbonyl (C=O) groups is 1. The van der Waals surface area contributed by atoms with Gasteiger partial charge in [0.15, 0.2) is 0 Å². The van der Waals surface area contributed by atoms with Crippen LogP contribution in [0.5, 0.6) is 0 Å². The minimum Gasteiger partial charge on any atom is -0.469 e. The largest absolute Gasteiger partial charge is 0.469 e. The Labute approximate surface area is 95.2 Å². The van der Waals surface area contributed by atoms with Gasteiger partial charge < -0.3 is 9.73 Å². The van der Waals surface area contributed by atoms with Crippen molar-refractivity contribution in [1.29, 1.82) is 0 Å². The number of hydrogen-bond acceptors (Lipinski definition) is 2. The van der Waals surface area contributed by atoms with Crippen molar-refractivity contribution in [2.75, 3.05) is 0 Å². The predicted molar refractivity (Wildman–Crippen MR) is 59.9 cm³/mol. The predicted octanol–water partition coefficient (Wildman–Crippen LogP) is 2.57. The lowest BCUT2D eigenvalue weighted by molar-refractivity contribution is -0.128. The van der Waals surface area contributed by atoms with Crippen LogP contribution >= 0.6 is 0 Å². The van der Waals surface area contributed by atoms with Gasteiger partial charge in [0.1, 0.15) is 5.76 Å². The molecule has 3 nitrogen and oxygen atoms in total. The van der Waals surface area contributed by atoms with Crippen LogP contribution in [0.1, 0.15) is 49.5 Å². The van der Waals surface area contributed by atoms with Crippen LogP contribution < -0.4 is 5.32 Å². The first-order chi connectivity index (χ1) is 7.84. The van der Waals surface area contributed by atoms with Crippen molar-refractivity contribution in [1.82, 2.24) is 5.32 Å². The van der Waals surface area contributed by atoms with Crippen LogP contribution in [0.25, 0.3) is 0 Å². The molecule has 1 unspecified atom stereocenters. The highest BCUT2D eigenvalue weighted by atomic mass is 16.3. The lowest BCUT2D eigenvalue weighted by atomic mass is 9.84. The Hall–Kier alpha value is -1.25. The van der Waals surface area contributed by atoms with E-state index >= 15 is 0 Å². The number of rotatable bonds is 2. The molecule has 1 fully saturated rings. The van der Waals surface area contributed by atoms with Crippen molar-refractivity contribution in [2.45, 2.75) is 44.6 Å². The third-order valence-corrected chi connectivity index (χ3v) is 3.84. The van der Waals surface area contributed by atoms with Gasteiger partial charge in [-0.1, -0.05) is 6.42 Å². The topological polar surface area (TPSA) is 42.2 Å². The standard InChI is InChI=1S/C13H17NO2/c15-13(9-3-1-4-9)14-11-5-2-6-12-10(11)7-8-16-12/h7-9,11H,1-6H2,(H,14,15). The first kappa shape index (κ1) is 9.94. The van der Waals surface area contributed by atoms with Crippen LogP contribution in [0.2, 0.25) is 0 Å². The van der Waals surface area contributed by atoms with E-state index in [9.17, 15) is 4.79 Å². The average molecular weight is 219 g/mol. The van der Waals surface area contributed by atoms with Gasteiger partial charge in [-0.15, -0.1) is 0 Å². The molecule has 0 saturated heterocycles. The summed E-state index contributed by atoms with van der Waals surface area (Å²) in [6.45, 7) is 0. The van der Waals surface area contributed by atoms with E-state index in [0.717, 1.165) is 37.9 Å². The third kappa shape index (κ3) is 1.64. The van der Waals surface area contributed by atoms with Crippen LogP contribution in [0.3, 0.4) is 0 Å². The summed E-state index contributed by atoms with van der Waals surface area (Å²) in [5.41, 5.74) is 1.19. The zero-order valence-electron chi connectivity index (χ0n) is 9.37. The second-order valence-corrected chi connectivity index (χ2v) is 4.88. The minimum absolute atomic E-state index is 0.190. The van der Waals surface area contributed by atoms with Crippen molar-refractivity contribution in [3.8, 4) is 0 Å². The summed E-state index contributed by atoms with van der Waals surface area (Å²) in [6.07, 6.45) is 8.24. The van der Waals surface area contributed by atoms with Crippen molar-refractivity contribution >= 4 is 5.91 Å². The molecule has 0 spiro atoms. The van der Waals surface area contributed by atoms with E-state index in [1.54, 1.807) is 6.26 Å². The molecule has 0 bridgehead atoms. The normalized spacial score (nSPS) is 24.6. The minimum atomic E-state index is 0.190. The maximum absolute atomic E-state index is 11.9. The second-order valence-electron chi connectivity index (χ2n) is 4.88. The average Bonchev–Trinajstić information content (AvgIpc) is 2.63. The summed E-state index contributed by atoms with van der Waals surface area (Å²) in [5.74, 6) is 1.58. The van der Waals surface area contributed by atoms with Crippen molar-refractivity contribution < 1.29 is 9.21 Å². The first-order valence-corrected chi connectivity index (χ1v) is 6.21. The molecule has 3 heteroatoms. The Morgan fingerprint density at radius 1 is 1.31 bits per heavy atom. The smallest absolute Gasteiger partial charge is 0.223 e. The Morgan fingerprint density at radius 3 is 2.94 bits per heavy atom. The van der Waals surface area contributed by atoms with Crippen LogP contribution in [-0.2, 0) is 11.2 Å². The molecule has 2 aliphatic rings. The maximum atomic E-state index is 11.9.